The molecule has 0 saturated carbocycles. The summed E-state index contributed by atoms with van der Waals surface area (Å²) in [4.78, 5) is 12.1. The second kappa shape index (κ2) is 3.26. The topological polar surface area (TPSA) is 73.9 Å². The Morgan fingerprint density at radius 1 is 1.38 bits per heavy atom. The van der Waals surface area contributed by atoms with E-state index in [0.717, 1.165) is 19.4 Å². The third kappa shape index (κ3) is 1.75. The van der Waals surface area contributed by atoms with Gasteiger partial charge in [-0.25, -0.2) is 4.98 Å². The van der Waals surface area contributed by atoms with E-state index in [1.807, 2.05) is 0 Å². The Morgan fingerprint density at radius 2 is 2.23 bits per heavy atom. The van der Waals surface area contributed by atoms with Crippen LogP contribution < -0.4 is 5.73 Å². The number of ether oxygens (including phenoxy) is 1. The van der Waals surface area contributed by atoms with Crippen LogP contribution in [0.5, 0.6) is 0 Å². The molecule has 0 aliphatic carbocycles. The number of anilines is 1. The third-order valence-electron chi connectivity index (χ3n) is 2.00. The number of hydrogen-bond donors (Lipinski definition) is 1. The Hall–Kier alpha value is -1.23. The fraction of sp³-hybridized carbons (Fsp3) is 0.625. The fourth-order valence-corrected chi connectivity index (χ4v) is 1.45. The molecule has 1 aliphatic rings. The first-order valence-corrected chi connectivity index (χ1v) is 4.35. The summed E-state index contributed by atoms with van der Waals surface area (Å²) in [5, 5.41) is 0. The number of aromatic nitrogens is 3. The third-order valence-corrected chi connectivity index (χ3v) is 2.00. The quantitative estimate of drug-likeness (QED) is 0.685. The number of nitrogen functional groups attached to an aromatic ring is 1. The van der Waals surface area contributed by atoms with Crippen molar-refractivity contribution in [1.29, 1.82) is 0 Å². The molecular weight excluding hydrogens is 168 g/mol. The van der Waals surface area contributed by atoms with Crippen molar-refractivity contribution < 1.29 is 4.74 Å². The smallest absolute Gasteiger partial charge is 0.223 e. The predicted molar refractivity (Wildman–Crippen MR) is 46.9 cm³/mol. The van der Waals surface area contributed by atoms with Crippen molar-refractivity contribution in [2.45, 2.75) is 25.9 Å². The number of hydrogen-bond acceptors (Lipinski definition) is 5. The van der Waals surface area contributed by atoms with Gasteiger partial charge in [0.15, 0.2) is 5.82 Å². The molecule has 1 saturated heterocycles. The van der Waals surface area contributed by atoms with Crippen LogP contribution in [-0.2, 0) is 4.74 Å². The van der Waals surface area contributed by atoms with E-state index in [0.29, 0.717) is 11.6 Å². The Labute approximate surface area is 76.4 Å². The molecule has 13 heavy (non-hydrogen) atoms. The van der Waals surface area contributed by atoms with E-state index in [-0.39, 0.29) is 12.1 Å². The second-order valence-corrected chi connectivity index (χ2v) is 3.10. The molecule has 1 aromatic rings. The summed E-state index contributed by atoms with van der Waals surface area (Å²) in [6, 6.07) is 0. The highest BCUT2D eigenvalue weighted by atomic mass is 16.5. The van der Waals surface area contributed by atoms with Crippen LogP contribution in [-0.4, -0.2) is 21.6 Å². The molecule has 5 nitrogen and oxygen atoms in total. The van der Waals surface area contributed by atoms with Gasteiger partial charge in [-0.05, 0) is 19.8 Å². The van der Waals surface area contributed by atoms with Crippen molar-refractivity contribution in [1.82, 2.24) is 15.0 Å². The molecule has 0 radical (unpaired) electrons. The first-order chi connectivity index (χ1) is 6.25. The van der Waals surface area contributed by atoms with E-state index >= 15 is 0 Å². The minimum absolute atomic E-state index is 0.0176. The van der Waals surface area contributed by atoms with Crippen LogP contribution in [0.1, 0.15) is 30.6 Å². The van der Waals surface area contributed by atoms with Crippen molar-refractivity contribution in [3.8, 4) is 0 Å². The number of aryl methyl sites for hydroxylation is 1. The number of nitrogens with two attached hydrogens (primary N) is 1. The van der Waals surface area contributed by atoms with Gasteiger partial charge >= 0.3 is 0 Å². The van der Waals surface area contributed by atoms with E-state index in [9.17, 15) is 0 Å². The average Bonchev–Trinajstić information content (AvgIpc) is 2.53. The van der Waals surface area contributed by atoms with E-state index in [2.05, 4.69) is 15.0 Å². The molecule has 1 unspecified atom stereocenters. The highest BCUT2D eigenvalue weighted by Crippen LogP contribution is 2.25. The maximum absolute atomic E-state index is 5.51. The monoisotopic (exact) mass is 180 g/mol. The summed E-state index contributed by atoms with van der Waals surface area (Å²) in [5.41, 5.74) is 5.51. The van der Waals surface area contributed by atoms with Crippen molar-refractivity contribution in [2.24, 2.45) is 0 Å². The first-order valence-electron chi connectivity index (χ1n) is 4.35. The molecule has 2 N–H and O–H groups in total. The zero-order chi connectivity index (χ0) is 9.26. The molecule has 0 bridgehead atoms. The summed E-state index contributed by atoms with van der Waals surface area (Å²) in [6.45, 7) is 2.59. The summed E-state index contributed by atoms with van der Waals surface area (Å²) in [6.07, 6.45) is 2.06. The van der Waals surface area contributed by atoms with Crippen LogP contribution >= 0.6 is 0 Å². The van der Waals surface area contributed by atoms with Gasteiger partial charge in [-0.1, -0.05) is 0 Å². The summed E-state index contributed by atoms with van der Waals surface area (Å²) >= 11 is 0. The van der Waals surface area contributed by atoms with Crippen LogP contribution in [0.3, 0.4) is 0 Å². The van der Waals surface area contributed by atoms with Gasteiger partial charge in [-0.15, -0.1) is 0 Å². The molecule has 0 spiro atoms. The average molecular weight is 180 g/mol. The SMILES string of the molecule is Cc1nc(N)nc(C2CCCO2)n1. The highest BCUT2D eigenvalue weighted by molar-refractivity contribution is 5.16. The van der Waals surface area contributed by atoms with Crippen molar-refractivity contribution >= 4 is 5.95 Å². The van der Waals surface area contributed by atoms with Crippen LogP contribution in [0.15, 0.2) is 0 Å². The molecule has 0 amide bonds. The van der Waals surface area contributed by atoms with Gasteiger partial charge in [0, 0.05) is 6.61 Å². The van der Waals surface area contributed by atoms with E-state index in [1.54, 1.807) is 6.92 Å². The normalized spacial score (nSPS) is 22.1. The molecular formula is C8H12N4O. The molecule has 1 aliphatic heterocycles. The van der Waals surface area contributed by atoms with Gasteiger partial charge in [0.2, 0.25) is 5.95 Å². The summed E-state index contributed by atoms with van der Waals surface area (Å²) in [7, 11) is 0. The Kier molecular flexibility index (Phi) is 2.10. The van der Waals surface area contributed by atoms with Crippen LogP contribution in [0.2, 0.25) is 0 Å². The Balaban J connectivity index is 2.28. The Morgan fingerprint density at radius 3 is 2.85 bits per heavy atom. The molecule has 1 aromatic heterocycles. The lowest BCUT2D eigenvalue weighted by Gasteiger charge is -2.07. The predicted octanol–water partition coefficient (Wildman–Crippen LogP) is 0.614. The van der Waals surface area contributed by atoms with Crippen molar-refractivity contribution in [3.05, 3.63) is 11.6 Å². The van der Waals surface area contributed by atoms with E-state index < -0.39 is 0 Å². The van der Waals surface area contributed by atoms with Gasteiger partial charge < -0.3 is 10.5 Å². The first kappa shape index (κ1) is 8.37. The molecule has 2 heterocycles. The summed E-state index contributed by atoms with van der Waals surface area (Å²) in [5.74, 6) is 1.60. The van der Waals surface area contributed by atoms with Gasteiger partial charge in [0.25, 0.3) is 0 Å². The maximum atomic E-state index is 5.51. The van der Waals surface area contributed by atoms with Gasteiger partial charge in [-0.3, -0.25) is 0 Å². The maximum Gasteiger partial charge on any atom is 0.223 e. The molecule has 70 valence electrons. The lowest BCUT2D eigenvalue weighted by atomic mass is 10.2. The number of rotatable bonds is 1. The van der Waals surface area contributed by atoms with Crippen LogP contribution in [0.25, 0.3) is 0 Å². The second-order valence-electron chi connectivity index (χ2n) is 3.10. The van der Waals surface area contributed by atoms with Gasteiger partial charge in [0.05, 0.1) is 0 Å². The minimum Gasteiger partial charge on any atom is -0.370 e. The molecule has 1 atom stereocenters. The fourth-order valence-electron chi connectivity index (χ4n) is 1.45. The molecule has 5 heteroatoms. The standard InChI is InChI=1S/C8H12N4O/c1-5-10-7(12-8(9)11-5)6-3-2-4-13-6/h6H,2-4H2,1H3,(H2,9,10,11,12). The van der Waals surface area contributed by atoms with E-state index in [4.69, 9.17) is 10.5 Å². The largest absolute Gasteiger partial charge is 0.370 e. The zero-order valence-electron chi connectivity index (χ0n) is 7.53. The van der Waals surface area contributed by atoms with Crippen LogP contribution in [0, 0.1) is 6.92 Å². The van der Waals surface area contributed by atoms with Gasteiger partial charge in [0.1, 0.15) is 11.9 Å². The van der Waals surface area contributed by atoms with E-state index in [1.165, 1.54) is 0 Å². The number of nitrogens with zero attached hydrogens (tertiary/aromatic N) is 3. The molecule has 1 fully saturated rings. The molecule has 0 aromatic carbocycles. The van der Waals surface area contributed by atoms with Crippen molar-refractivity contribution in [2.75, 3.05) is 12.3 Å². The van der Waals surface area contributed by atoms with Gasteiger partial charge in [-0.2, -0.15) is 9.97 Å². The lowest BCUT2D eigenvalue weighted by molar-refractivity contribution is 0.105. The van der Waals surface area contributed by atoms with Crippen molar-refractivity contribution in [3.63, 3.8) is 0 Å². The minimum atomic E-state index is 0.0176. The molecule has 2 rings (SSSR count). The van der Waals surface area contributed by atoms with Crippen LogP contribution in [0.4, 0.5) is 5.95 Å². The highest BCUT2D eigenvalue weighted by Gasteiger charge is 2.21. The summed E-state index contributed by atoms with van der Waals surface area (Å²) < 4.78 is 5.44. The Bertz CT molecular complexity index is 289. The lowest BCUT2D eigenvalue weighted by Crippen LogP contribution is -2.08. The zero-order valence-corrected chi connectivity index (χ0v) is 7.53.